The fraction of sp³-hybridized carbons (Fsp3) is 0.130. The van der Waals surface area contributed by atoms with Crippen LogP contribution in [0.2, 0.25) is 5.02 Å². The zero-order chi connectivity index (χ0) is 20.2. The first-order valence-electron chi connectivity index (χ1n) is 9.26. The van der Waals surface area contributed by atoms with E-state index in [2.05, 4.69) is 5.32 Å². The maximum atomic E-state index is 13.1. The van der Waals surface area contributed by atoms with Crippen molar-refractivity contribution in [3.8, 4) is 5.75 Å². The van der Waals surface area contributed by atoms with E-state index in [1.807, 2.05) is 42.5 Å². The summed E-state index contributed by atoms with van der Waals surface area (Å²) in [6.07, 6.45) is -0.801. The van der Waals surface area contributed by atoms with E-state index >= 15 is 0 Å². The van der Waals surface area contributed by atoms with Gasteiger partial charge in [-0.1, -0.05) is 54.1 Å². The molecule has 0 saturated heterocycles. The molecular weight excluding hydrogens is 388 g/mol. The molecule has 0 aromatic heterocycles. The van der Waals surface area contributed by atoms with Gasteiger partial charge in [0.25, 0.3) is 11.8 Å². The number of halogens is 1. The van der Waals surface area contributed by atoms with Crippen LogP contribution in [0.5, 0.6) is 5.75 Å². The van der Waals surface area contributed by atoms with Crippen molar-refractivity contribution in [1.82, 2.24) is 5.32 Å². The van der Waals surface area contributed by atoms with Gasteiger partial charge in [0.05, 0.1) is 12.2 Å². The molecule has 29 heavy (non-hydrogen) atoms. The van der Waals surface area contributed by atoms with Crippen LogP contribution < -0.4 is 15.0 Å². The van der Waals surface area contributed by atoms with Crippen LogP contribution in [0, 0.1) is 0 Å². The summed E-state index contributed by atoms with van der Waals surface area (Å²) in [6.45, 7) is 0.519. The number of carbonyl (C=O) groups is 2. The fourth-order valence-electron chi connectivity index (χ4n) is 3.21. The number of carbonyl (C=O) groups excluding carboxylic acids is 2. The minimum Gasteiger partial charge on any atom is -0.477 e. The first kappa shape index (κ1) is 19.0. The van der Waals surface area contributed by atoms with Gasteiger partial charge >= 0.3 is 0 Å². The summed E-state index contributed by atoms with van der Waals surface area (Å²) in [5.41, 5.74) is 2.13. The lowest BCUT2D eigenvalue weighted by Gasteiger charge is -2.34. The highest BCUT2D eigenvalue weighted by atomic mass is 35.5. The summed E-state index contributed by atoms with van der Waals surface area (Å²) < 4.78 is 5.89. The van der Waals surface area contributed by atoms with Crippen molar-refractivity contribution in [2.45, 2.75) is 12.6 Å². The van der Waals surface area contributed by atoms with Gasteiger partial charge in [-0.15, -0.1) is 0 Å². The Morgan fingerprint density at radius 2 is 1.66 bits per heavy atom. The number of hydrogen-bond donors (Lipinski definition) is 1. The Bertz CT molecular complexity index is 1020. The Morgan fingerprint density at radius 3 is 2.41 bits per heavy atom. The summed E-state index contributed by atoms with van der Waals surface area (Å²) >= 11 is 5.94. The van der Waals surface area contributed by atoms with Crippen LogP contribution in [-0.4, -0.2) is 24.5 Å². The number of hydrogen-bond acceptors (Lipinski definition) is 3. The van der Waals surface area contributed by atoms with E-state index in [1.165, 1.54) is 0 Å². The van der Waals surface area contributed by atoms with Crippen molar-refractivity contribution in [2.24, 2.45) is 0 Å². The number of amides is 2. The maximum Gasteiger partial charge on any atom is 0.263 e. The summed E-state index contributed by atoms with van der Waals surface area (Å²) in [5, 5.41) is 3.44. The lowest BCUT2D eigenvalue weighted by Crippen LogP contribution is -2.50. The lowest BCUT2D eigenvalue weighted by atomic mass is 10.1. The molecule has 1 aliphatic rings. The minimum atomic E-state index is -0.801. The molecule has 0 unspecified atom stereocenters. The Kier molecular flexibility index (Phi) is 5.49. The van der Waals surface area contributed by atoms with E-state index < -0.39 is 6.10 Å². The molecule has 0 aliphatic carbocycles. The Labute approximate surface area is 173 Å². The van der Waals surface area contributed by atoms with Gasteiger partial charge in [0.2, 0.25) is 0 Å². The summed E-state index contributed by atoms with van der Waals surface area (Å²) in [5.74, 6) is 0.0245. The molecule has 0 fully saturated rings. The Balaban J connectivity index is 1.54. The van der Waals surface area contributed by atoms with Crippen molar-refractivity contribution in [2.75, 3.05) is 11.4 Å². The van der Waals surface area contributed by atoms with Crippen molar-refractivity contribution in [1.29, 1.82) is 0 Å². The van der Waals surface area contributed by atoms with Gasteiger partial charge in [-0.25, -0.2) is 0 Å². The number of rotatable bonds is 4. The molecule has 6 heteroatoms. The number of fused-ring (bicyclic) bond motifs is 1. The third kappa shape index (κ3) is 4.25. The molecule has 1 atom stereocenters. The number of anilines is 1. The van der Waals surface area contributed by atoms with Gasteiger partial charge in [-0.3, -0.25) is 9.59 Å². The molecule has 3 aromatic rings. The molecule has 4 rings (SSSR count). The second-order valence-electron chi connectivity index (χ2n) is 6.70. The Hall–Kier alpha value is -3.31. The molecular formula is C23H19ClN2O3. The average molecular weight is 407 g/mol. The third-order valence-electron chi connectivity index (χ3n) is 4.71. The zero-order valence-electron chi connectivity index (χ0n) is 15.5. The predicted octanol–water partition coefficient (Wildman–Crippen LogP) is 4.06. The van der Waals surface area contributed by atoms with E-state index in [-0.39, 0.29) is 18.4 Å². The SMILES string of the molecule is O=C(NCc1ccccc1)[C@H]1CN(C(=O)c2ccc(Cl)cc2)c2ccccc2O1. The van der Waals surface area contributed by atoms with Crippen LogP contribution in [0.15, 0.2) is 78.9 Å². The van der Waals surface area contributed by atoms with E-state index in [4.69, 9.17) is 16.3 Å². The second-order valence-corrected chi connectivity index (χ2v) is 7.14. The zero-order valence-corrected chi connectivity index (χ0v) is 16.3. The first-order valence-corrected chi connectivity index (χ1v) is 9.64. The van der Waals surface area contributed by atoms with Gasteiger partial charge in [0.1, 0.15) is 5.75 Å². The summed E-state index contributed by atoms with van der Waals surface area (Å²) in [4.78, 5) is 27.4. The number of ether oxygens (including phenoxy) is 1. The monoisotopic (exact) mass is 406 g/mol. The number of nitrogens with zero attached hydrogens (tertiary/aromatic N) is 1. The van der Waals surface area contributed by atoms with Crippen LogP contribution in [0.25, 0.3) is 0 Å². The second kappa shape index (κ2) is 8.37. The molecule has 146 valence electrons. The van der Waals surface area contributed by atoms with E-state index in [9.17, 15) is 9.59 Å². The maximum absolute atomic E-state index is 13.1. The number of benzene rings is 3. The largest absolute Gasteiger partial charge is 0.477 e. The van der Waals surface area contributed by atoms with Crippen LogP contribution in [0.3, 0.4) is 0 Å². The van der Waals surface area contributed by atoms with Gasteiger partial charge in [-0.2, -0.15) is 0 Å². The third-order valence-corrected chi connectivity index (χ3v) is 4.96. The number of para-hydroxylation sites is 2. The molecule has 5 nitrogen and oxygen atoms in total. The molecule has 1 N–H and O–H groups in total. The van der Waals surface area contributed by atoms with Crippen molar-refractivity contribution >= 4 is 29.1 Å². The highest BCUT2D eigenvalue weighted by Crippen LogP contribution is 2.34. The lowest BCUT2D eigenvalue weighted by molar-refractivity contribution is -0.127. The van der Waals surface area contributed by atoms with Gasteiger partial charge in [0, 0.05) is 17.1 Å². The van der Waals surface area contributed by atoms with Crippen LogP contribution in [0.1, 0.15) is 15.9 Å². The van der Waals surface area contributed by atoms with Crippen LogP contribution in [-0.2, 0) is 11.3 Å². The van der Waals surface area contributed by atoms with Crippen LogP contribution in [0.4, 0.5) is 5.69 Å². The molecule has 1 heterocycles. The van der Waals surface area contributed by atoms with Crippen molar-refractivity contribution in [3.63, 3.8) is 0 Å². The minimum absolute atomic E-state index is 0.124. The highest BCUT2D eigenvalue weighted by molar-refractivity contribution is 6.30. The molecule has 1 aliphatic heterocycles. The summed E-state index contributed by atoms with van der Waals surface area (Å²) in [6, 6.07) is 23.5. The fourth-order valence-corrected chi connectivity index (χ4v) is 3.34. The quantitative estimate of drug-likeness (QED) is 0.710. The Morgan fingerprint density at radius 1 is 0.966 bits per heavy atom. The molecule has 2 amide bonds. The van der Waals surface area contributed by atoms with Gasteiger partial charge < -0.3 is 15.0 Å². The van der Waals surface area contributed by atoms with Crippen molar-refractivity contribution in [3.05, 3.63) is 95.0 Å². The highest BCUT2D eigenvalue weighted by Gasteiger charge is 2.34. The summed E-state index contributed by atoms with van der Waals surface area (Å²) in [7, 11) is 0. The molecule has 0 saturated carbocycles. The molecule has 3 aromatic carbocycles. The van der Waals surface area contributed by atoms with E-state index in [0.717, 1.165) is 5.56 Å². The van der Waals surface area contributed by atoms with E-state index in [0.29, 0.717) is 28.6 Å². The van der Waals surface area contributed by atoms with E-state index in [1.54, 1.807) is 41.3 Å². The standard InChI is InChI=1S/C23H19ClN2O3/c24-18-12-10-17(11-13-18)23(28)26-15-21(29-20-9-5-4-8-19(20)26)22(27)25-14-16-6-2-1-3-7-16/h1-13,21H,14-15H2,(H,25,27)/t21-/m1/s1. The average Bonchev–Trinajstić information content (AvgIpc) is 2.77. The van der Waals surface area contributed by atoms with Gasteiger partial charge in [0.15, 0.2) is 6.10 Å². The van der Waals surface area contributed by atoms with Crippen LogP contribution >= 0.6 is 11.6 Å². The topological polar surface area (TPSA) is 58.6 Å². The molecule has 0 spiro atoms. The van der Waals surface area contributed by atoms with Gasteiger partial charge in [-0.05, 0) is 42.0 Å². The normalized spacial score (nSPS) is 15.2. The van der Waals surface area contributed by atoms with Crippen molar-refractivity contribution < 1.29 is 14.3 Å². The first-order chi connectivity index (χ1) is 14.1. The number of nitrogens with one attached hydrogen (secondary N) is 1. The smallest absolute Gasteiger partial charge is 0.263 e. The molecule has 0 radical (unpaired) electrons. The molecule has 0 bridgehead atoms. The predicted molar refractivity (Wildman–Crippen MR) is 112 cm³/mol.